The summed E-state index contributed by atoms with van der Waals surface area (Å²) in [5, 5.41) is 0.781. The molecule has 34 heavy (non-hydrogen) atoms. The molecule has 6 heteroatoms. The van der Waals surface area contributed by atoms with Crippen molar-refractivity contribution in [3.63, 3.8) is 0 Å². The molecule has 4 aliphatic carbocycles. The fourth-order valence-corrected chi connectivity index (χ4v) is 8.83. The highest BCUT2D eigenvalue weighted by Gasteiger charge is 2.59. The number of aromatic amines is 1. The van der Waals surface area contributed by atoms with E-state index >= 15 is 0 Å². The third-order valence-electron chi connectivity index (χ3n) is 9.75. The van der Waals surface area contributed by atoms with Gasteiger partial charge in [-0.05, 0) is 92.4 Å². The van der Waals surface area contributed by atoms with Gasteiger partial charge in [0.05, 0.1) is 11.3 Å². The van der Waals surface area contributed by atoms with Gasteiger partial charge in [-0.15, -0.1) is 0 Å². The molecule has 3 fully saturated rings. The van der Waals surface area contributed by atoms with Gasteiger partial charge in [0.2, 0.25) is 0 Å². The summed E-state index contributed by atoms with van der Waals surface area (Å²) in [6.07, 6.45) is 14.3. The van der Waals surface area contributed by atoms with Crippen LogP contribution in [-0.2, 0) is 9.59 Å². The van der Waals surface area contributed by atoms with Crippen LogP contribution in [0.4, 0.5) is 0 Å². The highest BCUT2D eigenvalue weighted by molar-refractivity contribution is 7.99. The van der Waals surface area contributed by atoms with Gasteiger partial charge in [0.1, 0.15) is 5.78 Å². The molecule has 0 spiro atoms. The van der Waals surface area contributed by atoms with Gasteiger partial charge in [-0.3, -0.25) is 9.59 Å². The van der Waals surface area contributed by atoms with E-state index in [0.717, 1.165) is 54.8 Å². The molecule has 0 aromatic carbocycles. The number of pyridine rings is 1. The number of rotatable bonds is 4. The molecule has 1 N–H and O–H groups in total. The van der Waals surface area contributed by atoms with Crippen molar-refractivity contribution in [1.82, 2.24) is 15.0 Å². The van der Waals surface area contributed by atoms with Crippen LogP contribution in [0.25, 0.3) is 11.2 Å². The Morgan fingerprint density at radius 2 is 2.06 bits per heavy atom. The van der Waals surface area contributed by atoms with Crippen LogP contribution < -0.4 is 0 Å². The monoisotopic (exact) mass is 475 g/mol. The quantitative estimate of drug-likeness (QED) is 0.561. The van der Waals surface area contributed by atoms with Crippen molar-refractivity contribution in [2.75, 3.05) is 5.75 Å². The van der Waals surface area contributed by atoms with E-state index in [1.165, 1.54) is 17.3 Å². The lowest BCUT2D eigenvalue weighted by atomic mass is 9.47. The number of allylic oxidation sites excluding steroid dienone is 4. The number of carbonyl (C=O) groups excluding carboxylic acids is 2. The molecular formula is C28H33N3O2S. The van der Waals surface area contributed by atoms with E-state index in [1.54, 1.807) is 6.08 Å². The number of carbonyl (C=O) groups is 2. The Hall–Kier alpha value is -2.21. The summed E-state index contributed by atoms with van der Waals surface area (Å²) < 4.78 is 0. The molecule has 5 nitrogen and oxygen atoms in total. The number of H-pyrrole nitrogens is 1. The molecule has 0 amide bonds. The summed E-state index contributed by atoms with van der Waals surface area (Å²) in [6.45, 7) is 6.76. The molecule has 178 valence electrons. The lowest BCUT2D eigenvalue weighted by Gasteiger charge is -2.57. The van der Waals surface area contributed by atoms with Crippen LogP contribution in [-0.4, -0.2) is 32.3 Å². The maximum absolute atomic E-state index is 13.5. The van der Waals surface area contributed by atoms with Gasteiger partial charge in [-0.1, -0.05) is 37.3 Å². The van der Waals surface area contributed by atoms with Crippen molar-refractivity contribution >= 4 is 34.5 Å². The minimum atomic E-state index is 0.0176. The Morgan fingerprint density at radius 3 is 2.91 bits per heavy atom. The summed E-state index contributed by atoms with van der Waals surface area (Å²) >= 11 is 1.52. The standard InChI is InChI=1S/C28H33N3O2S/c1-16-12-23-25(29-14-16)31-26(30-23)34-15-24(33)22-7-6-20-19-5-4-17-13-18(32)8-10-27(17,2)21(19)9-11-28(20,22)3/h8,10,12-14,19-22H,4-7,9,11,15H2,1-3H3,(H,29,30,31). The number of aryl methyl sites for hydroxylation is 1. The molecule has 0 saturated heterocycles. The fourth-order valence-electron chi connectivity index (χ4n) is 8.02. The molecule has 4 aliphatic rings. The molecular weight excluding hydrogens is 442 g/mol. The van der Waals surface area contributed by atoms with Crippen molar-refractivity contribution in [2.45, 2.75) is 64.5 Å². The number of hydrogen-bond donors (Lipinski definition) is 1. The van der Waals surface area contributed by atoms with Crippen molar-refractivity contribution < 1.29 is 9.59 Å². The molecule has 2 heterocycles. The first kappa shape index (κ1) is 22.3. The minimum Gasteiger partial charge on any atom is -0.332 e. The maximum atomic E-state index is 13.5. The highest BCUT2D eigenvalue weighted by atomic mass is 32.2. The van der Waals surface area contributed by atoms with E-state index in [1.807, 2.05) is 25.3 Å². The number of nitrogens with zero attached hydrogens (tertiary/aromatic N) is 2. The molecule has 0 radical (unpaired) electrons. The number of ketones is 2. The highest BCUT2D eigenvalue weighted by Crippen LogP contribution is 2.66. The molecule has 0 bridgehead atoms. The van der Waals surface area contributed by atoms with Gasteiger partial charge in [-0.25, -0.2) is 9.97 Å². The number of nitrogens with one attached hydrogen (secondary N) is 1. The van der Waals surface area contributed by atoms with Crippen LogP contribution in [0.3, 0.4) is 0 Å². The predicted molar refractivity (Wildman–Crippen MR) is 134 cm³/mol. The van der Waals surface area contributed by atoms with Gasteiger partial charge >= 0.3 is 0 Å². The molecule has 2 aromatic rings. The third kappa shape index (κ3) is 3.35. The number of hydrogen-bond acceptors (Lipinski definition) is 5. The van der Waals surface area contributed by atoms with E-state index in [-0.39, 0.29) is 22.5 Å². The summed E-state index contributed by atoms with van der Waals surface area (Å²) in [5.41, 5.74) is 4.19. The van der Waals surface area contributed by atoms with Gasteiger partial charge in [0, 0.05) is 17.5 Å². The number of thioether (sulfide) groups is 1. The smallest absolute Gasteiger partial charge is 0.178 e. The molecule has 6 unspecified atom stereocenters. The lowest BCUT2D eigenvalue weighted by Crippen LogP contribution is -2.50. The van der Waals surface area contributed by atoms with Crippen molar-refractivity contribution in [1.29, 1.82) is 0 Å². The van der Waals surface area contributed by atoms with E-state index in [9.17, 15) is 9.59 Å². The number of Topliss-reactive ketones (excluding diaryl/α,β-unsaturated/α-hetero) is 1. The molecule has 6 rings (SSSR count). The molecule has 0 aliphatic heterocycles. The Labute approximate surface area is 205 Å². The number of fused-ring (bicyclic) bond motifs is 6. The predicted octanol–water partition coefficient (Wildman–Crippen LogP) is 5.85. The van der Waals surface area contributed by atoms with E-state index in [0.29, 0.717) is 34.9 Å². The first-order chi connectivity index (χ1) is 16.3. The number of imidazole rings is 1. The summed E-state index contributed by atoms with van der Waals surface area (Å²) in [7, 11) is 0. The largest absolute Gasteiger partial charge is 0.332 e. The Morgan fingerprint density at radius 1 is 1.21 bits per heavy atom. The van der Waals surface area contributed by atoms with Crippen LogP contribution in [0, 0.1) is 41.4 Å². The first-order valence-electron chi connectivity index (χ1n) is 12.7. The van der Waals surface area contributed by atoms with Gasteiger partial charge in [0.15, 0.2) is 16.6 Å². The average Bonchev–Trinajstić information content (AvgIpc) is 3.37. The van der Waals surface area contributed by atoms with E-state index in [2.05, 4.69) is 34.9 Å². The number of aromatic nitrogens is 3. The second-order valence-electron chi connectivity index (χ2n) is 11.5. The second-order valence-corrected chi connectivity index (χ2v) is 12.4. The Balaban J connectivity index is 1.17. The normalized spacial score (nSPS) is 36.7. The third-order valence-corrected chi connectivity index (χ3v) is 10.6. The molecule has 2 aromatic heterocycles. The van der Waals surface area contributed by atoms with Crippen LogP contribution in [0.15, 0.2) is 41.2 Å². The Bertz CT molecular complexity index is 1250. The second kappa shape index (κ2) is 7.91. The molecule has 3 saturated carbocycles. The van der Waals surface area contributed by atoms with Crippen molar-refractivity contribution in [3.05, 3.63) is 41.6 Å². The van der Waals surface area contributed by atoms with Crippen LogP contribution in [0.2, 0.25) is 0 Å². The van der Waals surface area contributed by atoms with E-state index < -0.39 is 0 Å². The van der Waals surface area contributed by atoms with Gasteiger partial charge in [-0.2, -0.15) is 0 Å². The maximum Gasteiger partial charge on any atom is 0.178 e. The summed E-state index contributed by atoms with van der Waals surface area (Å²) in [4.78, 5) is 37.8. The lowest BCUT2D eigenvalue weighted by molar-refractivity contribution is -0.126. The van der Waals surface area contributed by atoms with Crippen LogP contribution in [0.5, 0.6) is 0 Å². The van der Waals surface area contributed by atoms with Crippen LogP contribution >= 0.6 is 11.8 Å². The van der Waals surface area contributed by atoms with Gasteiger partial charge in [0.25, 0.3) is 0 Å². The zero-order chi connectivity index (χ0) is 23.7. The van der Waals surface area contributed by atoms with E-state index in [4.69, 9.17) is 0 Å². The average molecular weight is 476 g/mol. The zero-order valence-electron chi connectivity index (χ0n) is 20.3. The fraction of sp³-hybridized carbons (Fsp3) is 0.571. The van der Waals surface area contributed by atoms with Crippen molar-refractivity contribution in [3.8, 4) is 0 Å². The molecule has 6 atom stereocenters. The zero-order valence-corrected chi connectivity index (χ0v) is 21.1. The van der Waals surface area contributed by atoms with Crippen molar-refractivity contribution in [2.24, 2.45) is 34.5 Å². The van der Waals surface area contributed by atoms with Gasteiger partial charge < -0.3 is 4.98 Å². The SMILES string of the molecule is Cc1cnc2nc(SCC(=O)C3CCC4C5CCC6=CC(=O)C=CC6(C)C5CCC34C)[nH]c2c1. The minimum absolute atomic E-state index is 0.0176. The first-order valence-corrected chi connectivity index (χ1v) is 13.7. The topological polar surface area (TPSA) is 75.7 Å². The van der Waals surface area contributed by atoms with Crippen LogP contribution in [0.1, 0.15) is 57.9 Å². The Kier molecular flexibility index (Phi) is 5.18. The summed E-state index contributed by atoms with van der Waals surface area (Å²) in [6, 6.07) is 2.05. The summed E-state index contributed by atoms with van der Waals surface area (Å²) in [5.74, 6) is 2.97.